The smallest absolute Gasteiger partial charge is 0.304 e. The van der Waals surface area contributed by atoms with Crippen molar-refractivity contribution >= 4 is 27.7 Å². The predicted octanol–water partition coefficient (Wildman–Crippen LogP) is 3.24. The monoisotopic (exact) mass is 265 g/mol. The molecule has 0 aliphatic rings. The van der Waals surface area contributed by atoms with E-state index in [4.69, 9.17) is 4.42 Å². The summed E-state index contributed by atoms with van der Waals surface area (Å²) in [5, 5.41) is 0. The Morgan fingerprint density at radius 1 is 1.13 bits per heavy atom. The highest BCUT2D eigenvalue weighted by atomic mass is 79.9. The van der Waals surface area contributed by atoms with Crippen molar-refractivity contribution in [1.29, 1.82) is 0 Å². The van der Waals surface area contributed by atoms with Gasteiger partial charge < -0.3 is 4.42 Å². The Balaban J connectivity index is 2.23. The quantitative estimate of drug-likeness (QED) is 0.782. The number of hydrogen-bond donors (Lipinski definition) is 0. The van der Waals surface area contributed by atoms with Crippen LogP contribution in [0.4, 0.5) is 5.69 Å². The lowest BCUT2D eigenvalue weighted by Gasteiger charge is -2.12. The number of carbonyl (C=O) groups is 1. The first kappa shape index (κ1) is 9.98. The minimum absolute atomic E-state index is 0.230. The van der Waals surface area contributed by atoms with Crippen LogP contribution in [0.5, 0.6) is 0 Å². The second kappa shape index (κ2) is 4.31. The second-order valence-corrected chi connectivity index (χ2v) is 3.61. The topological polar surface area (TPSA) is 33.5 Å². The largest absolute Gasteiger partial charge is 0.459 e. The molecule has 76 valence electrons. The number of hydrogen-bond acceptors (Lipinski definition) is 2. The van der Waals surface area contributed by atoms with Gasteiger partial charge in [0.25, 0.3) is 0 Å². The number of benzene rings is 1. The molecule has 15 heavy (non-hydrogen) atoms. The van der Waals surface area contributed by atoms with Gasteiger partial charge in [-0.05, 0) is 24.3 Å². The molecule has 1 aromatic heterocycles. The summed E-state index contributed by atoms with van der Waals surface area (Å²) >= 11 is 3.20. The molecule has 4 heteroatoms. The van der Waals surface area contributed by atoms with E-state index >= 15 is 0 Å². The van der Waals surface area contributed by atoms with Gasteiger partial charge >= 0.3 is 5.91 Å². The van der Waals surface area contributed by atoms with Gasteiger partial charge in [0.05, 0.1) is 28.1 Å². The fourth-order valence-corrected chi connectivity index (χ4v) is 1.58. The zero-order valence-electron chi connectivity index (χ0n) is 7.76. The molecule has 0 saturated heterocycles. The first-order valence-electron chi connectivity index (χ1n) is 4.38. The van der Waals surface area contributed by atoms with Gasteiger partial charge in [-0.1, -0.05) is 18.2 Å². The van der Waals surface area contributed by atoms with E-state index in [0.29, 0.717) is 5.76 Å². The van der Waals surface area contributed by atoms with Crippen molar-refractivity contribution in [2.45, 2.75) is 0 Å². The summed E-state index contributed by atoms with van der Waals surface area (Å²) in [7, 11) is 0. The van der Waals surface area contributed by atoms with Crippen LogP contribution in [0.25, 0.3) is 0 Å². The number of halogens is 1. The first-order valence-corrected chi connectivity index (χ1v) is 5.09. The SMILES string of the molecule is O=C(c1ccco1)N(Br)c1ccccc1. The van der Waals surface area contributed by atoms with Crippen LogP contribution in [0.2, 0.25) is 0 Å². The standard InChI is InChI=1S/C11H8BrNO2/c12-13(9-5-2-1-3-6-9)11(14)10-7-4-8-15-10/h1-8H. The average molecular weight is 266 g/mol. The highest BCUT2D eigenvalue weighted by Crippen LogP contribution is 2.20. The molecule has 1 heterocycles. The summed E-state index contributed by atoms with van der Waals surface area (Å²) in [4.78, 5) is 11.8. The highest BCUT2D eigenvalue weighted by Gasteiger charge is 2.16. The van der Waals surface area contributed by atoms with E-state index < -0.39 is 0 Å². The van der Waals surface area contributed by atoms with Gasteiger partial charge in [0.15, 0.2) is 5.76 Å². The van der Waals surface area contributed by atoms with Crippen LogP contribution in [0.3, 0.4) is 0 Å². The number of nitrogens with zero attached hydrogens (tertiary/aromatic N) is 1. The van der Waals surface area contributed by atoms with Gasteiger partial charge in [-0.2, -0.15) is 0 Å². The molecule has 0 saturated carbocycles. The molecule has 2 aromatic rings. The first-order chi connectivity index (χ1) is 7.29. The third kappa shape index (κ3) is 2.10. The molecular formula is C11H8BrNO2. The summed E-state index contributed by atoms with van der Waals surface area (Å²) in [5.41, 5.74) is 0.763. The van der Waals surface area contributed by atoms with Gasteiger partial charge in [0.2, 0.25) is 0 Å². The fraction of sp³-hybridized carbons (Fsp3) is 0. The number of para-hydroxylation sites is 1. The lowest BCUT2D eigenvalue weighted by atomic mass is 10.3. The molecule has 0 spiro atoms. The molecule has 1 amide bonds. The number of anilines is 1. The van der Waals surface area contributed by atoms with Crippen LogP contribution in [0, 0.1) is 0 Å². The van der Waals surface area contributed by atoms with Gasteiger partial charge in [0, 0.05) is 0 Å². The number of rotatable bonds is 2. The summed E-state index contributed by atoms with van der Waals surface area (Å²) < 4.78 is 6.38. The van der Waals surface area contributed by atoms with Crippen LogP contribution in [-0.4, -0.2) is 5.91 Å². The molecule has 0 radical (unpaired) electrons. The van der Waals surface area contributed by atoms with E-state index in [2.05, 4.69) is 16.1 Å². The Morgan fingerprint density at radius 3 is 2.47 bits per heavy atom. The van der Waals surface area contributed by atoms with Crippen molar-refractivity contribution in [2.75, 3.05) is 3.93 Å². The summed E-state index contributed by atoms with van der Waals surface area (Å²) in [5.74, 6) is 0.0712. The molecule has 0 atom stereocenters. The number of furan rings is 1. The van der Waals surface area contributed by atoms with E-state index in [9.17, 15) is 4.79 Å². The molecule has 0 unspecified atom stereocenters. The van der Waals surface area contributed by atoms with Gasteiger partial charge in [-0.3, -0.25) is 4.79 Å². The fourth-order valence-electron chi connectivity index (χ4n) is 1.17. The van der Waals surface area contributed by atoms with Crippen molar-refractivity contribution in [1.82, 2.24) is 0 Å². The van der Waals surface area contributed by atoms with Crippen LogP contribution >= 0.6 is 16.1 Å². The molecule has 0 fully saturated rings. The Kier molecular flexibility index (Phi) is 2.87. The van der Waals surface area contributed by atoms with Gasteiger partial charge in [0.1, 0.15) is 0 Å². The normalized spacial score (nSPS) is 9.93. The van der Waals surface area contributed by atoms with Crippen molar-refractivity contribution in [3.05, 3.63) is 54.5 Å². The molecule has 0 bridgehead atoms. The van der Waals surface area contributed by atoms with Crippen LogP contribution < -0.4 is 3.93 Å². The maximum absolute atomic E-state index is 11.8. The number of carbonyl (C=O) groups excluding carboxylic acids is 1. The Morgan fingerprint density at radius 2 is 1.87 bits per heavy atom. The summed E-state index contributed by atoms with van der Waals surface area (Å²) in [6, 6.07) is 12.6. The molecule has 1 aromatic carbocycles. The molecule has 0 N–H and O–H groups in total. The van der Waals surface area contributed by atoms with E-state index in [-0.39, 0.29) is 5.91 Å². The zero-order chi connectivity index (χ0) is 10.7. The Bertz CT molecular complexity index is 439. The Labute approximate surface area is 95.6 Å². The second-order valence-electron chi connectivity index (χ2n) is 2.90. The number of amides is 1. The molecule has 0 aliphatic heterocycles. The lowest BCUT2D eigenvalue weighted by molar-refractivity contribution is 0.0983. The van der Waals surface area contributed by atoms with Gasteiger partial charge in [-0.15, -0.1) is 0 Å². The molecule has 0 aliphatic carbocycles. The maximum Gasteiger partial charge on any atom is 0.304 e. The van der Waals surface area contributed by atoms with E-state index in [1.807, 2.05) is 30.3 Å². The third-order valence-corrected chi connectivity index (χ3v) is 2.62. The highest BCUT2D eigenvalue weighted by molar-refractivity contribution is 9.10. The van der Waals surface area contributed by atoms with Crippen LogP contribution in [-0.2, 0) is 0 Å². The third-order valence-electron chi connectivity index (χ3n) is 1.89. The van der Waals surface area contributed by atoms with Crippen LogP contribution in [0.1, 0.15) is 10.6 Å². The summed E-state index contributed by atoms with van der Waals surface area (Å²) in [6.45, 7) is 0. The predicted molar refractivity (Wildman–Crippen MR) is 60.9 cm³/mol. The molecular weight excluding hydrogens is 258 g/mol. The van der Waals surface area contributed by atoms with E-state index in [1.54, 1.807) is 12.1 Å². The minimum atomic E-state index is -0.230. The van der Waals surface area contributed by atoms with Crippen molar-refractivity contribution in [3.8, 4) is 0 Å². The van der Waals surface area contributed by atoms with E-state index in [1.165, 1.54) is 10.2 Å². The average Bonchev–Trinajstić information content (AvgIpc) is 2.82. The summed E-state index contributed by atoms with van der Waals surface area (Å²) in [6.07, 6.45) is 1.47. The van der Waals surface area contributed by atoms with Crippen molar-refractivity contribution in [3.63, 3.8) is 0 Å². The zero-order valence-corrected chi connectivity index (χ0v) is 9.35. The molecule has 2 rings (SSSR count). The maximum atomic E-state index is 11.8. The Hall–Kier alpha value is -1.55. The van der Waals surface area contributed by atoms with Crippen molar-refractivity contribution < 1.29 is 9.21 Å². The van der Waals surface area contributed by atoms with Crippen molar-refractivity contribution in [2.24, 2.45) is 0 Å². The lowest BCUT2D eigenvalue weighted by Crippen LogP contribution is -2.19. The molecule has 3 nitrogen and oxygen atoms in total. The van der Waals surface area contributed by atoms with E-state index in [0.717, 1.165) is 5.69 Å². The minimum Gasteiger partial charge on any atom is -0.459 e. The van der Waals surface area contributed by atoms with Crippen LogP contribution in [0.15, 0.2) is 53.1 Å². The van der Waals surface area contributed by atoms with Gasteiger partial charge in [-0.25, -0.2) is 3.93 Å².